The molecule has 4 aromatic carbocycles. The van der Waals surface area contributed by atoms with E-state index in [9.17, 15) is 19.2 Å². The van der Waals surface area contributed by atoms with Gasteiger partial charge in [0.2, 0.25) is 11.8 Å². The van der Waals surface area contributed by atoms with Crippen LogP contribution in [0.25, 0.3) is 43.6 Å². The Morgan fingerprint density at radius 3 is 1.44 bits per heavy atom. The van der Waals surface area contributed by atoms with Gasteiger partial charge in [0, 0.05) is 79.8 Å². The van der Waals surface area contributed by atoms with Crippen molar-refractivity contribution in [3.8, 4) is 0 Å². The number of pyridine rings is 4. The van der Waals surface area contributed by atoms with Crippen molar-refractivity contribution in [2.45, 2.75) is 32.1 Å². The van der Waals surface area contributed by atoms with Gasteiger partial charge in [-0.05, 0) is 104 Å². The van der Waals surface area contributed by atoms with E-state index >= 15 is 0 Å². The molecule has 6 N–H and O–H groups in total. The first-order valence-corrected chi connectivity index (χ1v) is 19.0. The van der Waals surface area contributed by atoms with Gasteiger partial charge in [-0.1, -0.05) is 36.4 Å². The van der Waals surface area contributed by atoms with E-state index in [-0.39, 0.29) is 28.9 Å². The quantitative estimate of drug-likeness (QED) is 0.0794. The van der Waals surface area contributed by atoms with Crippen molar-refractivity contribution in [3.05, 3.63) is 142 Å². The van der Waals surface area contributed by atoms with Crippen molar-refractivity contribution in [1.82, 2.24) is 19.9 Å². The summed E-state index contributed by atoms with van der Waals surface area (Å²) in [6.45, 7) is 0. The molecule has 4 heterocycles. The Kier molecular flexibility index (Phi) is 9.35. The summed E-state index contributed by atoms with van der Waals surface area (Å²) >= 11 is 0. The van der Waals surface area contributed by atoms with Gasteiger partial charge >= 0.3 is 0 Å². The van der Waals surface area contributed by atoms with Crippen LogP contribution in [0.2, 0.25) is 0 Å². The van der Waals surface area contributed by atoms with Gasteiger partial charge in [0.25, 0.3) is 11.1 Å². The lowest BCUT2D eigenvalue weighted by Gasteiger charge is -2.12. The smallest absolute Gasteiger partial charge is 0.257 e. The summed E-state index contributed by atoms with van der Waals surface area (Å²) in [4.78, 5) is 62.8. The predicted octanol–water partition coefficient (Wildman–Crippen LogP) is 8.73. The molecule has 10 rings (SSSR count). The van der Waals surface area contributed by atoms with E-state index < -0.39 is 0 Å². The Balaban J connectivity index is 0.000000148. The van der Waals surface area contributed by atoms with Gasteiger partial charge in [0.1, 0.15) is 11.3 Å². The van der Waals surface area contributed by atoms with Crippen LogP contribution in [0.3, 0.4) is 0 Å². The van der Waals surface area contributed by atoms with Gasteiger partial charge in [-0.15, -0.1) is 0 Å². The van der Waals surface area contributed by atoms with Crippen LogP contribution in [0.1, 0.15) is 32.1 Å². The van der Waals surface area contributed by atoms with E-state index in [1.54, 1.807) is 12.4 Å². The van der Waals surface area contributed by atoms with E-state index in [1.807, 2.05) is 109 Å². The normalized spacial score (nSPS) is 13.5. The van der Waals surface area contributed by atoms with E-state index in [2.05, 4.69) is 41.2 Å². The first kappa shape index (κ1) is 35.4. The Morgan fingerprint density at radius 2 is 0.982 bits per heavy atom. The van der Waals surface area contributed by atoms with Crippen LogP contribution < -0.4 is 32.4 Å². The van der Waals surface area contributed by atoms with Crippen molar-refractivity contribution < 1.29 is 9.59 Å². The Labute approximate surface area is 325 Å². The molecule has 0 saturated heterocycles. The number of benzene rings is 4. The fraction of sp³-hybridized carbons (Fsp3) is 0.156. The number of nitrogens with one attached hydrogen (secondary N) is 6. The van der Waals surface area contributed by atoms with Gasteiger partial charge < -0.3 is 31.2 Å². The molecule has 282 valence electrons. The highest BCUT2D eigenvalue weighted by Gasteiger charge is 2.29. The number of amides is 2. The molecule has 0 radical (unpaired) electrons. The third-order valence-electron chi connectivity index (χ3n) is 10.2. The van der Waals surface area contributed by atoms with Crippen LogP contribution in [0.4, 0.5) is 34.1 Å². The maximum atomic E-state index is 12.3. The number of aromatic nitrogens is 4. The zero-order valence-electron chi connectivity index (χ0n) is 30.8. The van der Waals surface area contributed by atoms with E-state index in [1.165, 1.54) is 0 Å². The summed E-state index contributed by atoms with van der Waals surface area (Å²) in [6, 6.07) is 34.0. The monoisotopic (exact) mass is 754 g/mol. The van der Waals surface area contributed by atoms with Crippen molar-refractivity contribution in [3.63, 3.8) is 0 Å². The molecule has 0 atom stereocenters. The minimum Gasteiger partial charge on any atom is -0.355 e. The topological polar surface area (TPSA) is 174 Å². The van der Waals surface area contributed by atoms with Gasteiger partial charge in [0.05, 0.1) is 11.4 Å². The predicted molar refractivity (Wildman–Crippen MR) is 227 cm³/mol. The molecule has 2 fully saturated rings. The van der Waals surface area contributed by atoms with Crippen LogP contribution in [0.15, 0.2) is 131 Å². The maximum absolute atomic E-state index is 12.3. The number of H-pyrrole nitrogens is 2. The van der Waals surface area contributed by atoms with Crippen LogP contribution in [0.5, 0.6) is 0 Å². The summed E-state index contributed by atoms with van der Waals surface area (Å²) < 4.78 is 0. The Morgan fingerprint density at radius 1 is 0.544 bits per heavy atom. The molecule has 12 heteroatoms. The van der Waals surface area contributed by atoms with Crippen LogP contribution in [-0.4, -0.2) is 31.8 Å². The first-order valence-electron chi connectivity index (χ1n) is 19.0. The van der Waals surface area contributed by atoms with Crippen molar-refractivity contribution >= 4 is 89.6 Å². The SMILES string of the molecule is O=C(CC1CC1)Nc1ccc(Nc2ccnc3[nH]c(=O)c4ccccc4c23)cc1.O=C(Nc1ccc(Nc2ccnc3[nH]c(=O)c4ccccc4c23)cc1)C1CC1. The molecular weight excluding hydrogens is 717 g/mol. The minimum atomic E-state index is -0.150. The number of anilines is 6. The number of fused-ring (bicyclic) bond motifs is 6. The van der Waals surface area contributed by atoms with Crippen molar-refractivity contribution in [1.29, 1.82) is 0 Å². The molecule has 4 aromatic heterocycles. The van der Waals surface area contributed by atoms with Gasteiger partial charge in [0.15, 0.2) is 0 Å². The molecule has 0 bridgehead atoms. The molecule has 12 nitrogen and oxygen atoms in total. The second-order valence-corrected chi connectivity index (χ2v) is 14.5. The largest absolute Gasteiger partial charge is 0.355 e. The van der Waals surface area contributed by atoms with E-state index in [0.717, 1.165) is 81.4 Å². The Hall–Kier alpha value is -7.34. The van der Waals surface area contributed by atoms with Crippen LogP contribution >= 0.6 is 0 Å². The number of carbonyl (C=O) groups is 2. The number of hydrogen-bond donors (Lipinski definition) is 6. The third-order valence-corrected chi connectivity index (χ3v) is 10.2. The van der Waals surface area contributed by atoms with Gasteiger partial charge in [-0.2, -0.15) is 0 Å². The second kappa shape index (κ2) is 15.1. The lowest BCUT2D eigenvalue weighted by Crippen LogP contribution is -2.13. The standard InChI is InChI=1S/C23H20N4O2.C22H18N4O2/c28-20(13-14-5-6-14)26-16-9-7-15(8-10-16)25-19-11-12-24-22-21(19)17-3-1-2-4-18(17)23(29)27-22;27-21(13-5-6-13)25-15-9-7-14(8-10-15)24-18-11-12-23-20-19(18)16-3-1-2-4-17(16)22(28)26-20/h1-4,7-12,14H,5-6,13H2,(H,26,28)(H2,24,25,27,29);1-4,7-13H,5-6H2,(H,25,27)(H2,23,24,26,28). The molecule has 0 aliphatic heterocycles. The van der Waals surface area contributed by atoms with Crippen LogP contribution in [-0.2, 0) is 9.59 Å². The summed E-state index contributed by atoms with van der Waals surface area (Å²) in [6.07, 6.45) is 8.23. The summed E-state index contributed by atoms with van der Waals surface area (Å²) in [5.41, 5.74) is 5.84. The molecule has 57 heavy (non-hydrogen) atoms. The zero-order chi connectivity index (χ0) is 38.9. The van der Waals surface area contributed by atoms with Crippen LogP contribution in [0, 0.1) is 11.8 Å². The van der Waals surface area contributed by atoms with Gasteiger partial charge in [-0.3, -0.25) is 19.2 Å². The summed E-state index contributed by atoms with van der Waals surface area (Å²) in [5.74, 6) is 0.911. The summed E-state index contributed by atoms with van der Waals surface area (Å²) in [7, 11) is 0. The fourth-order valence-corrected chi connectivity index (χ4v) is 6.99. The third kappa shape index (κ3) is 7.78. The van der Waals surface area contributed by atoms with E-state index in [4.69, 9.17) is 0 Å². The molecule has 2 saturated carbocycles. The number of nitrogens with zero attached hydrogens (tertiary/aromatic N) is 2. The molecule has 0 spiro atoms. The highest BCUT2D eigenvalue weighted by atomic mass is 16.2. The maximum Gasteiger partial charge on any atom is 0.257 e. The molecule has 2 amide bonds. The number of hydrogen-bond acceptors (Lipinski definition) is 8. The van der Waals surface area contributed by atoms with Gasteiger partial charge in [-0.25, -0.2) is 9.97 Å². The van der Waals surface area contributed by atoms with Crippen molar-refractivity contribution in [2.75, 3.05) is 21.3 Å². The average molecular weight is 755 g/mol. The lowest BCUT2D eigenvalue weighted by atomic mass is 10.1. The zero-order valence-corrected chi connectivity index (χ0v) is 30.8. The number of carbonyl (C=O) groups excluding carboxylic acids is 2. The average Bonchev–Trinajstić information content (AvgIpc) is 4.17. The number of aromatic amines is 2. The lowest BCUT2D eigenvalue weighted by molar-refractivity contribution is -0.117. The second-order valence-electron chi connectivity index (χ2n) is 14.5. The molecule has 8 aromatic rings. The Bertz CT molecular complexity index is 2930. The molecule has 0 unspecified atom stereocenters. The minimum absolute atomic E-state index is 0.0729. The highest BCUT2D eigenvalue weighted by Crippen LogP contribution is 2.34. The molecule has 2 aliphatic rings. The van der Waals surface area contributed by atoms with Crippen molar-refractivity contribution in [2.24, 2.45) is 11.8 Å². The summed E-state index contributed by atoms with van der Waals surface area (Å²) in [5, 5.41) is 17.4. The molecular formula is C45H38N8O4. The van der Waals surface area contributed by atoms with E-state index in [0.29, 0.717) is 34.4 Å². The first-order chi connectivity index (χ1) is 27.9. The molecule has 2 aliphatic carbocycles. The highest BCUT2D eigenvalue weighted by molar-refractivity contribution is 6.12. The number of rotatable bonds is 9. The fourth-order valence-electron chi connectivity index (χ4n) is 6.99.